The highest BCUT2D eigenvalue weighted by Gasteiger charge is 2.17. The third-order valence-electron chi connectivity index (χ3n) is 5.39. The standard InChI is InChI=1S/C23H26N3O2.HI/c1-4-26(3,5-2)14-15-27-21-12-8-6-10-18(21)16-19(17-24)23-20-11-7-9-13-22(20)28-25-23;/h6-13,16H,4-5,14-15H2,1-3H3;1H/q+1;/p-1/b19-16+;. The van der Waals surface area contributed by atoms with Crippen molar-refractivity contribution >= 4 is 22.6 Å². The smallest absolute Gasteiger partial charge is 0.167 e. The van der Waals surface area contributed by atoms with E-state index in [1.807, 2.05) is 54.6 Å². The molecule has 0 N–H and O–H groups in total. The molecule has 0 radical (unpaired) electrons. The number of benzene rings is 2. The van der Waals surface area contributed by atoms with E-state index in [1.54, 1.807) is 0 Å². The maximum absolute atomic E-state index is 9.71. The van der Waals surface area contributed by atoms with Gasteiger partial charge in [0, 0.05) is 5.56 Å². The number of para-hydroxylation sites is 2. The minimum absolute atomic E-state index is 0. The number of halogens is 1. The normalized spacial score (nSPS) is 11.7. The van der Waals surface area contributed by atoms with Gasteiger partial charge < -0.3 is 37.7 Å². The Hall–Kier alpha value is -2.37. The van der Waals surface area contributed by atoms with Gasteiger partial charge in [-0.05, 0) is 38.1 Å². The average Bonchev–Trinajstić information content (AvgIpc) is 3.17. The first-order valence-corrected chi connectivity index (χ1v) is 9.62. The van der Waals surface area contributed by atoms with E-state index in [9.17, 15) is 5.26 Å². The second kappa shape index (κ2) is 10.4. The molecule has 0 aliphatic carbocycles. The number of aromatic nitrogens is 1. The molecule has 0 aliphatic rings. The minimum atomic E-state index is 0. The number of hydrogen-bond acceptors (Lipinski definition) is 4. The molecule has 3 aromatic rings. The Morgan fingerprint density at radius 3 is 2.55 bits per heavy atom. The Labute approximate surface area is 189 Å². The van der Waals surface area contributed by atoms with Crippen LogP contribution >= 0.6 is 0 Å². The van der Waals surface area contributed by atoms with Crippen LogP contribution in [0.2, 0.25) is 0 Å². The molecule has 0 bridgehead atoms. The van der Waals surface area contributed by atoms with Crippen molar-refractivity contribution in [3.05, 3.63) is 59.8 Å². The van der Waals surface area contributed by atoms with E-state index in [4.69, 9.17) is 9.26 Å². The van der Waals surface area contributed by atoms with Gasteiger partial charge in [-0.3, -0.25) is 0 Å². The van der Waals surface area contributed by atoms with Gasteiger partial charge >= 0.3 is 0 Å². The van der Waals surface area contributed by atoms with Gasteiger partial charge in [-0.1, -0.05) is 35.5 Å². The van der Waals surface area contributed by atoms with Crippen molar-refractivity contribution in [1.82, 2.24) is 5.16 Å². The number of ether oxygens (including phenoxy) is 1. The van der Waals surface area contributed by atoms with Crippen LogP contribution in [0.3, 0.4) is 0 Å². The number of rotatable bonds is 8. The SMILES string of the molecule is CC[N+](C)(CC)CCOc1ccccc1/C=C(\C#N)c1noc2ccccc12.[I-]. The minimum Gasteiger partial charge on any atom is -1.00 e. The van der Waals surface area contributed by atoms with Gasteiger partial charge in [-0.2, -0.15) is 5.26 Å². The molecule has 0 unspecified atom stereocenters. The van der Waals surface area contributed by atoms with Crippen molar-refractivity contribution in [1.29, 1.82) is 5.26 Å². The van der Waals surface area contributed by atoms with Crippen LogP contribution in [0, 0.1) is 11.3 Å². The summed E-state index contributed by atoms with van der Waals surface area (Å²) in [6.07, 6.45) is 1.81. The lowest BCUT2D eigenvalue weighted by Gasteiger charge is -2.31. The number of nitrogens with zero attached hydrogens (tertiary/aromatic N) is 3. The molecule has 0 fully saturated rings. The first kappa shape index (κ1) is 22.9. The summed E-state index contributed by atoms with van der Waals surface area (Å²) in [5.74, 6) is 0.766. The highest BCUT2D eigenvalue weighted by atomic mass is 127. The predicted octanol–water partition coefficient (Wildman–Crippen LogP) is 1.76. The van der Waals surface area contributed by atoms with Gasteiger partial charge in [0.1, 0.15) is 30.7 Å². The van der Waals surface area contributed by atoms with Crippen LogP contribution in [0.25, 0.3) is 22.6 Å². The molecule has 5 nitrogen and oxygen atoms in total. The van der Waals surface area contributed by atoms with E-state index in [-0.39, 0.29) is 24.0 Å². The van der Waals surface area contributed by atoms with Gasteiger partial charge in [0.25, 0.3) is 0 Å². The van der Waals surface area contributed by atoms with Crippen molar-refractivity contribution in [3.8, 4) is 11.8 Å². The number of nitriles is 1. The summed E-state index contributed by atoms with van der Waals surface area (Å²) in [6, 6.07) is 17.6. The fourth-order valence-corrected chi connectivity index (χ4v) is 3.04. The van der Waals surface area contributed by atoms with Crippen molar-refractivity contribution < 1.29 is 37.7 Å². The van der Waals surface area contributed by atoms with Crippen LogP contribution < -0.4 is 28.7 Å². The summed E-state index contributed by atoms with van der Waals surface area (Å²) in [5.41, 5.74) is 2.52. The van der Waals surface area contributed by atoms with Gasteiger partial charge in [0.15, 0.2) is 5.58 Å². The summed E-state index contributed by atoms with van der Waals surface area (Å²) in [4.78, 5) is 0. The van der Waals surface area contributed by atoms with Crippen LogP contribution in [0.15, 0.2) is 53.1 Å². The second-order valence-corrected chi connectivity index (χ2v) is 7.06. The molecule has 0 amide bonds. The molecule has 6 heteroatoms. The molecule has 0 spiro atoms. The van der Waals surface area contributed by atoms with E-state index in [2.05, 4.69) is 32.1 Å². The van der Waals surface area contributed by atoms with Gasteiger partial charge in [0.2, 0.25) is 0 Å². The first-order chi connectivity index (χ1) is 13.6. The Balaban J connectivity index is 0.00000300. The molecular weight excluding hydrogens is 477 g/mol. The number of allylic oxidation sites excluding steroid dienone is 1. The highest BCUT2D eigenvalue weighted by molar-refractivity contribution is 5.99. The van der Waals surface area contributed by atoms with E-state index in [0.29, 0.717) is 23.5 Å². The molecule has 0 aliphatic heterocycles. The summed E-state index contributed by atoms with van der Waals surface area (Å²) in [6.45, 7) is 8.09. The van der Waals surface area contributed by atoms with Crippen molar-refractivity contribution in [2.75, 3.05) is 33.3 Å². The molecule has 0 saturated heterocycles. The molecule has 0 atom stereocenters. The molecule has 2 aromatic carbocycles. The lowest BCUT2D eigenvalue weighted by Crippen LogP contribution is -3.00. The number of fused-ring (bicyclic) bond motifs is 1. The number of likely N-dealkylation sites (N-methyl/N-ethyl adjacent to an activating group) is 1. The van der Waals surface area contributed by atoms with Crippen LogP contribution in [-0.2, 0) is 0 Å². The van der Waals surface area contributed by atoms with Crippen LogP contribution in [-0.4, -0.2) is 42.9 Å². The van der Waals surface area contributed by atoms with Crippen LogP contribution in [0.4, 0.5) is 0 Å². The molecular formula is C23H26IN3O2. The third kappa shape index (κ3) is 5.37. The maximum Gasteiger partial charge on any atom is 0.167 e. The fourth-order valence-electron chi connectivity index (χ4n) is 3.04. The van der Waals surface area contributed by atoms with Gasteiger partial charge in [-0.15, -0.1) is 0 Å². The van der Waals surface area contributed by atoms with E-state index < -0.39 is 0 Å². The monoisotopic (exact) mass is 503 g/mol. The third-order valence-corrected chi connectivity index (χ3v) is 5.39. The Morgan fingerprint density at radius 2 is 1.83 bits per heavy atom. The van der Waals surface area contributed by atoms with Gasteiger partial charge in [-0.25, -0.2) is 0 Å². The van der Waals surface area contributed by atoms with Crippen molar-refractivity contribution in [2.45, 2.75) is 13.8 Å². The molecule has 3 rings (SSSR count). The summed E-state index contributed by atoms with van der Waals surface area (Å²) in [5, 5.41) is 14.6. The van der Waals surface area contributed by atoms with Crippen molar-refractivity contribution in [3.63, 3.8) is 0 Å². The first-order valence-electron chi connectivity index (χ1n) is 9.62. The van der Waals surface area contributed by atoms with Crippen LogP contribution in [0.1, 0.15) is 25.1 Å². The Bertz CT molecular complexity index is 1020. The largest absolute Gasteiger partial charge is 1.00 e. The summed E-state index contributed by atoms with van der Waals surface area (Å²) < 4.78 is 12.4. The molecule has 1 aromatic heterocycles. The van der Waals surface area contributed by atoms with Crippen molar-refractivity contribution in [2.24, 2.45) is 0 Å². The lowest BCUT2D eigenvalue weighted by molar-refractivity contribution is -0.906. The number of quaternary nitrogens is 1. The zero-order chi connectivity index (χ0) is 20.0. The molecule has 1 heterocycles. The zero-order valence-corrected chi connectivity index (χ0v) is 19.2. The molecule has 29 heavy (non-hydrogen) atoms. The Morgan fingerprint density at radius 1 is 1.14 bits per heavy atom. The molecule has 0 saturated carbocycles. The number of hydrogen-bond donors (Lipinski definition) is 0. The predicted molar refractivity (Wildman–Crippen MR) is 112 cm³/mol. The fraction of sp³-hybridized carbons (Fsp3) is 0.304. The average molecular weight is 503 g/mol. The van der Waals surface area contributed by atoms with E-state index >= 15 is 0 Å². The van der Waals surface area contributed by atoms with Crippen LogP contribution in [0.5, 0.6) is 5.75 Å². The van der Waals surface area contributed by atoms with E-state index in [0.717, 1.165) is 40.8 Å². The molecule has 152 valence electrons. The quantitative estimate of drug-likeness (QED) is 0.267. The zero-order valence-electron chi connectivity index (χ0n) is 17.1. The topological polar surface area (TPSA) is 59.0 Å². The highest BCUT2D eigenvalue weighted by Crippen LogP contribution is 2.28. The summed E-state index contributed by atoms with van der Waals surface area (Å²) >= 11 is 0. The Kier molecular flexibility index (Phi) is 8.23. The summed E-state index contributed by atoms with van der Waals surface area (Å²) in [7, 11) is 2.23. The maximum atomic E-state index is 9.71. The van der Waals surface area contributed by atoms with Gasteiger partial charge in [0.05, 0.1) is 31.1 Å². The van der Waals surface area contributed by atoms with E-state index in [1.165, 1.54) is 0 Å². The second-order valence-electron chi connectivity index (χ2n) is 7.06. The lowest BCUT2D eigenvalue weighted by atomic mass is 10.1.